The van der Waals surface area contributed by atoms with Crippen LogP contribution in [0.1, 0.15) is 40.8 Å². The number of amides is 2. The highest BCUT2D eigenvalue weighted by atomic mass is 79.9. The van der Waals surface area contributed by atoms with Gasteiger partial charge in [0.1, 0.15) is 15.4 Å². The first-order valence-corrected chi connectivity index (χ1v) is 11.9. The van der Waals surface area contributed by atoms with Crippen LogP contribution in [-0.2, 0) is 17.9 Å². The highest BCUT2D eigenvalue weighted by Crippen LogP contribution is 2.43. The molecular formula is C21H20BrF2N7O2S. The predicted molar refractivity (Wildman–Crippen MR) is 128 cm³/mol. The third-order valence-corrected chi connectivity index (χ3v) is 6.76. The van der Waals surface area contributed by atoms with Crippen LogP contribution in [0.2, 0.25) is 0 Å². The van der Waals surface area contributed by atoms with Gasteiger partial charge in [-0.15, -0.1) is 11.3 Å². The van der Waals surface area contributed by atoms with Crippen molar-refractivity contribution in [1.29, 1.82) is 0 Å². The molecular weight excluding hydrogens is 532 g/mol. The predicted octanol–water partition coefficient (Wildman–Crippen LogP) is 4.51. The largest absolute Gasteiger partial charge is 0.365 e. The van der Waals surface area contributed by atoms with E-state index in [9.17, 15) is 18.4 Å². The molecule has 13 heteroatoms. The van der Waals surface area contributed by atoms with E-state index in [1.165, 1.54) is 6.07 Å². The van der Waals surface area contributed by atoms with Gasteiger partial charge >= 0.3 is 0 Å². The number of nitrogens with zero attached hydrogens (tertiary/aromatic N) is 5. The van der Waals surface area contributed by atoms with Gasteiger partial charge in [-0.05, 0) is 41.4 Å². The Balaban J connectivity index is 1.82. The zero-order valence-corrected chi connectivity index (χ0v) is 20.6. The van der Waals surface area contributed by atoms with Crippen molar-refractivity contribution in [2.75, 3.05) is 5.32 Å². The summed E-state index contributed by atoms with van der Waals surface area (Å²) < 4.78 is 31.4. The van der Waals surface area contributed by atoms with E-state index >= 15 is 0 Å². The minimum atomic E-state index is -2.82. The van der Waals surface area contributed by atoms with Crippen LogP contribution in [0.15, 0.2) is 29.1 Å². The lowest BCUT2D eigenvalue weighted by Gasteiger charge is -2.11. The topological polar surface area (TPSA) is 121 Å². The number of thiophene rings is 1. The second-order valence-corrected chi connectivity index (χ2v) is 9.34. The first-order chi connectivity index (χ1) is 16.2. The summed E-state index contributed by atoms with van der Waals surface area (Å²) >= 11 is 4.16. The number of primary amides is 1. The fraction of sp³-hybridized carbons (Fsp3) is 0.286. The van der Waals surface area contributed by atoms with Crippen LogP contribution >= 0.6 is 27.3 Å². The second-order valence-electron chi connectivity index (χ2n) is 7.43. The number of nitrogens with two attached hydrogens (primary N) is 1. The lowest BCUT2D eigenvalue weighted by molar-refractivity contribution is -0.116. The molecule has 0 saturated carbocycles. The molecule has 9 nitrogen and oxygen atoms in total. The van der Waals surface area contributed by atoms with Crippen LogP contribution in [0.5, 0.6) is 0 Å². The number of nitrogens with one attached hydrogen (secondary N) is 1. The maximum Gasteiger partial charge on any atom is 0.280 e. The number of hydrogen-bond acceptors (Lipinski definition) is 6. The average molecular weight is 552 g/mol. The standard InChI is InChI=1S/C21H20BrF2N7O2S/c1-3-31-10(2)13(8-27-31)12-6-14(19(23)24)28-21-16(12)17(18(34-21)20(25)33)29-15(32)4-5-30-9-11(22)7-26-30/h6-9,19H,3-5H2,1-2H3,(H2,25,33)(H,29,32). The minimum Gasteiger partial charge on any atom is -0.365 e. The Morgan fingerprint density at radius 2 is 2.03 bits per heavy atom. The zero-order valence-electron chi connectivity index (χ0n) is 18.2. The van der Waals surface area contributed by atoms with Crippen molar-refractivity contribution < 1.29 is 18.4 Å². The molecule has 0 aliphatic heterocycles. The van der Waals surface area contributed by atoms with Gasteiger partial charge in [-0.2, -0.15) is 10.2 Å². The molecule has 34 heavy (non-hydrogen) atoms. The fourth-order valence-corrected chi connectivity index (χ4v) is 4.98. The minimum absolute atomic E-state index is 0.0332. The van der Waals surface area contributed by atoms with Crippen LogP contribution in [0, 0.1) is 6.92 Å². The monoisotopic (exact) mass is 551 g/mol. The molecule has 0 spiro atoms. The van der Waals surface area contributed by atoms with Gasteiger partial charge in [0.05, 0.1) is 22.6 Å². The van der Waals surface area contributed by atoms with Gasteiger partial charge < -0.3 is 11.1 Å². The van der Waals surface area contributed by atoms with Crippen LogP contribution in [-0.4, -0.2) is 36.4 Å². The van der Waals surface area contributed by atoms with Crippen LogP contribution in [0.25, 0.3) is 21.3 Å². The summed E-state index contributed by atoms with van der Waals surface area (Å²) in [5, 5.41) is 11.5. The number of pyridine rings is 1. The molecule has 0 aliphatic rings. The Bertz CT molecular complexity index is 1400. The normalized spacial score (nSPS) is 11.5. The summed E-state index contributed by atoms with van der Waals surface area (Å²) in [6.45, 7) is 4.62. The highest BCUT2D eigenvalue weighted by molar-refractivity contribution is 9.10. The van der Waals surface area contributed by atoms with Crippen LogP contribution < -0.4 is 11.1 Å². The molecule has 0 atom stereocenters. The number of fused-ring (bicyclic) bond motifs is 1. The molecule has 0 fully saturated rings. The van der Waals surface area contributed by atoms with Crippen molar-refractivity contribution in [3.05, 3.63) is 45.4 Å². The Morgan fingerprint density at radius 1 is 1.26 bits per heavy atom. The quantitative estimate of drug-likeness (QED) is 0.333. The lowest BCUT2D eigenvalue weighted by Crippen LogP contribution is -2.18. The molecule has 0 saturated heterocycles. The summed E-state index contributed by atoms with van der Waals surface area (Å²) in [6, 6.07) is 1.27. The Kier molecular flexibility index (Phi) is 6.75. The lowest BCUT2D eigenvalue weighted by atomic mass is 10.0. The van der Waals surface area contributed by atoms with Crippen molar-refractivity contribution in [3.63, 3.8) is 0 Å². The van der Waals surface area contributed by atoms with Crippen molar-refractivity contribution in [2.45, 2.75) is 39.8 Å². The molecule has 3 N–H and O–H groups in total. The number of aryl methyl sites for hydroxylation is 2. The number of rotatable bonds is 8. The second kappa shape index (κ2) is 9.58. The third-order valence-electron chi connectivity index (χ3n) is 5.26. The summed E-state index contributed by atoms with van der Waals surface area (Å²) in [5.41, 5.74) is 7.04. The van der Waals surface area contributed by atoms with E-state index in [1.807, 2.05) is 13.8 Å². The molecule has 0 unspecified atom stereocenters. The fourth-order valence-electron chi connectivity index (χ4n) is 3.64. The molecule has 178 valence electrons. The summed E-state index contributed by atoms with van der Waals surface area (Å²) in [6.07, 6.45) is 2.15. The van der Waals surface area contributed by atoms with Crippen molar-refractivity contribution in [2.24, 2.45) is 5.73 Å². The van der Waals surface area contributed by atoms with E-state index in [1.54, 1.807) is 28.0 Å². The van der Waals surface area contributed by atoms with Crippen LogP contribution in [0.4, 0.5) is 14.5 Å². The maximum atomic E-state index is 13.7. The molecule has 0 aliphatic carbocycles. The molecule has 0 aromatic carbocycles. The van der Waals surface area contributed by atoms with E-state index in [2.05, 4.69) is 36.4 Å². The number of carbonyl (C=O) groups is 2. The summed E-state index contributed by atoms with van der Waals surface area (Å²) in [4.78, 5) is 29.2. The van der Waals surface area contributed by atoms with E-state index in [0.29, 0.717) is 29.6 Å². The van der Waals surface area contributed by atoms with Gasteiger partial charge in [0.15, 0.2) is 0 Å². The number of aromatic nitrogens is 5. The Hall–Kier alpha value is -3.19. The third kappa shape index (κ3) is 4.57. The van der Waals surface area contributed by atoms with Gasteiger partial charge in [-0.3, -0.25) is 19.0 Å². The first-order valence-electron chi connectivity index (χ1n) is 10.3. The van der Waals surface area contributed by atoms with Gasteiger partial charge in [-0.25, -0.2) is 13.8 Å². The number of halogens is 3. The summed E-state index contributed by atoms with van der Waals surface area (Å²) in [7, 11) is 0. The number of hydrogen-bond donors (Lipinski definition) is 2. The van der Waals surface area contributed by atoms with E-state index in [4.69, 9.17) is 5.73 Å². The van der Waals surface area contributed by atoms with E-state index < -0.39 is 23.9 Å². The SMILES string of the molecule is CCn1ncc(-c2cc(C(F)F)nc3sc(C(N)=O)c(NC(=O)CCn4cc(Br)cn4)c23)c1C. The Labute approximate surface area is 205 Å². The average Bonchev–Trinajstić information content (AvgIpc) is 3.48. The van der Waals surface area contributed by atoms with E-state index in [-0.39, 0.29) is 21.8 Å². The molecule has 0 bridgehead atoms. The van der Waals surface area contributed by atoms with Gasteiger partial charge in [-0.1, -0.05) is 0 Å². The van der Waals surface area contributed by atoms with Gasteiger partial charge in [0.2, 0.25) is 5.91 Å². The molecule has 4 heterocycles. The number of carbonyl (C=O) groups excluding carboxylic acids is 2. The number of anilines is 1. The van der Waals surface area contributed by atoms with Crippen molar-refractivity contribution in [1.82, 2.24) is 24.5 Å². The molecule has 4 rings (SSSR count). The molecule has 4 aromatic heterocycles. The maximum absolute atomic E-state index is 13.7. The van der Waals surface area contributed by atoms with Crippen LogP contribution in [0.3, 0.4) is 0 Å². The smallest absolute Gasteiger partial charge is 0.280 e. The molecule has 4 aromatic rings. The Morgan fingerprint density at radius 3 is 2.62 bits per heavy atom. The van der Waals surface area contributed by atoms with Gasteiger partial charge in [0.25, 0.3) is 12.3 Å². The molecule has 0 radical (unpaired) electrons. The number of alkyl halides is 2. The highest BCUT2D eigenvalue weighted by Gasteiger charge is 2.26. The zero-order chi connectivity index (χ0) is 24.6. The van der Waals surface area contributed by atoms with Gasteiger partial charge in [0, 0.05) is 42.4 Å². The summed E-state index contributed by atoms with van der Waals surface area (Å²) in [5.74, 6) is -1.18. The molecule has 2 amide bonds. The van der Waals surface area contributed by atoms with Crippen molar-refractivity contribution in [3.8, 4) is 11.1 Å². The van der Waals surface area contributed by atoms with E-state index in [0.717, 1.165) is 21.5 Å². The first kappa shape index (κ1) is 24.0. The van der Waals surface area contributed by atoms with Crippen molar-refractivity contribution >= 4 is 55.0 Å².